The van der Waals surface area contributed by atoms with E-state index in [1.165, 1.54) is 25.0 Å². The Labute approximate surface area is 104 Å². The number of alkyl halides is 3. The van der Waals surface area contributed by atoms with E-state index in [2.05, 4.69) is 17.0 Å². The van der Waals surface area contributed by atoms with Crippen molar-refractivity contribution in [3.05, 3.63) is 29.8 Å². The Kier molecular flexibility index (Phi) is 3.52. The molecule has 1 fully saturated rings. The average Bonchev–Trinajstić information content (AvgIpc) is 2.97. The Morgan fingerprint density at radius 1 is 1.22 bits per heavy atom. The molecule has 2 rings (SSSR count). The van der Waals surface area contributed by atoms with Crippen LogP contribution in [0.2, 0.25) is 0 Å². The second-order valence-electron chi connectivity index (χ2n) is 5.11. The molecule has 0 radical (unpaired) electrons. The summed E-state index contributed by atoms with van der Waals surface area (Å²) in [5, 5.41) is 3.31. The molecule has 0 spiro atoms. The van der Waals surface area contributed by atoms with E-state index in [1.807, 2.05) is 0 Å². The Hall–Kier alpha value is -1.23. The zero-order chi connectivity index (χ0) is 13.2. The lowest BCUT2D eigenvalue weighted by Crippen LogP contribution is -2.21. The van der Waals surface area contributed by atoms with Crippen molar-refractivity contribution in [3.63, 3.8) is 0 Å². The lowest BCUT2D eigenvalue weighted by atomic mass is 10.1. The highest BCUT2D eigenvalue weighted by Crippen LogP contribution is 2.44. The topological polar surface area (TPSA) is 21.3 Å². The SMILES string of the molecule is CC1(CNCc2ccc(OC(F)(F)F)cc2)CC1. The fourth-order valence-electron chi connectivity index (χ4n) is 1.71. The van der Waals surface area contributed by atoms with Gasteiger partial charge in [0, 0.05) is 13.1 Å². The third kappa shape index (κ3) is 4.22. The summed E-state index contributed by atoms with van der Waals surface area (Å²) in [5.41, 5.74) is 1.38. The third-order valence-corrected chi connectivity index (χ3v) is 3.14. The van der Waals surface area contributed by atoms with Gasteiger partial charge in [-0.05, 0) is 36.0 Å². The van der Waals surface area contributed by atoms with Crippen LogP contribution in [-0.4, -0.2) is 12.9 Å². The summed E-state index contributed by atoms with van der Waals surface area (Å²) in [6.45, 7) is 3.84. The van der Waals surface area contributed by atoms with E-state index in [0.717, 1.165) is 12.1 Å². The highest BCUT2D eigenvalue weighted by molar-refractivity contribution is 5.27. The van der Waals surface area contributed by atoms with Gasteiger partial charge in [-0.15, -0.1) is 13.2 Å². The molecule has 100 valence electrons. The Bertz CT molecular complexity index is 396. The van der Waals surface area contributed by atoms with Gasteiger partial charge in [0.15, 0.2) is 0 Å². The van der Waals surface area contributed by atoms with Crippen LogP contribution in [0.15, 0.2) is 24.3 Å². The van der Waals surface area contributed by atoms with Crippen molar-refractivity contribution < 1.29 is 17.9 Å². The standard InChI is InChI=1S/C13H16F3NO/c1-12(6-7-12)9-17-8-10-2-4-11(5-3-10)18-13(14,15)16/h2-5,17H,6-9H2,1H3. The Morgan fingerprint density at radius 3 is 2.33 bits per heavy atom. The molecule has 1 aromatic rings. The fourth-order valence-corrected chi connectivity index (χ4v) is 1.71. The molecule has 18 heavy (non-hydrogen) atoms. The van der Waals surface area contributed by atoms with Gasteiger partial charge in [-0.2, -0.15) is 0 Å². The van der Waals surface area contributed by atoms with Crippen molar-refractivity contribution in [2.75, 3.05) is 6.54 Å². The van der Waals surface area contributed by atoms with Crippen molar-refractivity contribution in [2.45, 2.75) is 32.7 Å². The molecule has 0 amide bonds. The van der Waals surface area contributed by atoms with Crippen LogP contribution in [0.3, 0.4) is 0 Å². The summed E-state index contributed by atoms with van der Waals surface area (Å²) in [4.78, 5) is 0. The molecule has 0 aromatic heterocycles. The van der Waals surface area contributed by atoms with Crippen LogP contribution >= 0.6 is 0 Å². The summed E-state index contributed by atoms with van der Waals surface area (Å²) < 4.78 is 39.6. The first kappa shape index (κ1) is 13.2. The first-order chi connectivity index (χ1) is 8.36. The van der Waals surface area contributed by atoms with Crippen molar-refractivity contribution in [3.8, 4) is 5.75 Å². The van der Waals surface area contributed by atoms with Crippen LogP contribution in [0.25, 0.3) is 0 Å². The Balaban J connectivity index is 1.80. The van der Waals surface area contributed by atoms with E-state index in [9.17, 15) is 13.2 Å². The van der Waals surface area contributed by atoms with Gasteiger partial charge < -0.3 is 10.1 Å². The highest BCUT2D eigenvalue weighted by Gasteiger charge is 2.36. The van der Waals surface area contributed by atoms with Gasteiger partial charge in [0.2, 0.25) is 0 Å². The molecular weight excluding hydrogens is 243 g/mol. The van der Waals surface area contributed by atoms with Crippen molar-refractivity contribution >= 4 is 0 Å². The maximum absolute atomic E-state index is 11.9. The summed E-state index contributed by atoms with van der Waals surface area (Å²) in [7, 11) is 0. The monoisotopic (exact) mass is 259 g/mol. The molecule has 2 nitrogen and oxygen atoms in total. The summed E-state index contributed by atoms with van der Waals surface area (Å²) >= 11 is 0. The molecule has 1 saturated carbocycles. The molecule has 1 aromatic carbocycles. The van der Waals surface area contributed by atoms with Crippen LogP contribution in [0.5, 0.6) is 5.75 Å². The molecule has 5 heteroatoms. The molecule has 1 aliphatic carbocycles. The number of hydrogen-bond acceptors (Lipinski definition) is 2. The largest absolute Gasteiger partial charge is 0.573 e. The summed E-state index contributed by atoms with van der Waals surface area (Å²) in [6.07, 6.45) is -2.13. The van der Waals surface area contributed by atoms with Gasteiger partial charge in [-0.25, -0.2) is 0 Å². The van der Waals surface area contributed by atoms with Crippen molar-refractivity contribution in [1.29, 1.82) is 0 Å². The predicted octanol–water partition coefficient (Wildman–Crippen LogP) is 3.47. The van der Waals surface area contributed by atoms with E-state index < -0.39 is 6.36 Å². The van der Waals surface area contributed by atoms with Crippen LogP contribution in [0.1, 0.15) is 25.3 Å². The number of halogens is 3. The van der Waals surface area contributed by atoms with Gasteiger partial charge in [0.25, 0.3) is 0 Å². The molecule has 0 aliphatic heterocycles. The van der Waals surface area contributed by atoms with E-state index in [4.69, 9.17) is 0 Å². The maximum atomic E-state index is 11.9. The van der Waals surface area contributed by atoms with Crippen LogP contribution in [-0.2, 0) is 6.54 Å². The minimum Gasteiger partial charge on any atom is -0.406 e. The molecule has 0 atom stereocenters. The predicted molar refractivity (Wildman–Crippen MR) is 62.2 cm³/mol. The molecule has 1 N–H and O–H groups in total. The van der Waals surface area contributed by atoms with Gasteiger partial charge in [-0.1, -0.05) is 19.1 Å². The van der Waals surface area contributed by atoms with Crippen LogP contribution in [0.4, 0.5) is 13.2 Å². The molecule has 0 unspecified atom stereocenters. The Morgan fingerprint density at radius 2 is 1.83 bits per heavy atom. The van der Waals surface area contributed by atoms with Crippen LogP contribution < -0.4 is 10.1 Å². The van der Waals surface area contributed by atoms with Gasteiger partial charge in [0.05, 0.1) is 0 Å². The third-order valence-electron chi connectivity index (χ3n) is 3.14. The summed E-state index contributed by atoms with van der Waals surface area (Å²) in [5.74, 6) is -0.180. The number of hydrogen-bond donors (Lipinski definition) is 1. The molecular formula is C13H16F3NO. The van der Waals surface area contributed by atoms with E-state index in [1.54, 1.807) is 12.1 Å². The normalized spacial score (nSPS) is 17.6. The van der Waals surface area contributed by atoms with Crippen molar-refractivity contribution in [1.82, 2.24) is 5.32 Å². The number of nitrogens with one attached hydrogen (secondary N) is 1. The molecule has 1 aliphatic rings. The average molecular weight is 259 g/mol. The smallest absolute Gasteiger partial charge is 0.406 e. The fraction of sp³-hybridized carbons (Fsp3) is 0.538. The summed E-state index contributed by atoms with van der Waals surface area (Å²) in [6, 6.07) is 5.96. The first-order valence-electron chi connectivity index (χ1n) is 5.92. The molecule has 0 heterocycles. The lowest BCUT2D eigenvalue weighted by Gasteiger charge is -2.11. The van der Waals surface area contributed by atoms with E-state index in [0.29, 0.717) is 12.0 Å². The lowest BCUT2D eigenvalue weighted by molar-refractivity contribution is -0.274. The first-order valence-corrected chi connectivity index (χ1v) is 5.92. The maximum Gasteiger partial charge on any atom is 0.573 e. The second kappa shape index (κ2) is 4.80. The highest BCUT2D eigenvalue weighted by atomic mass is 19.4. The van der Waals surface area contributed by atoms with Crippen molar-refractivity contribution in [2.24, 2.45) is 5.41 Å². The van der Waals surface area contributed by atoms with E-state index >= 15 is 0 Å². The zero-order valence-electron chi connectivity index (χ0n) is 10.2. The van der Waals surface area contributed by atoms with E-state index in [-0.39, 0.29) is 5.75 Å². The second-order valence-corrected chi connectivity index (χ2v) is 5.11. The van der Waals surface area contributed by atoms with Gasteiger partial charge >= 0.3 is 6.36 Å². The quantitative estimate of drug-likeness (QED) is 0.874. The van der Waals surface area contributed by atoms with Gasteiger partial charge in [0.1, 0.15) is 5.75 Å². The molecule has 0 bridgehead atoms. The zero-order valence-corrected chi connectivity index (χ0v) is 10.2. The minimum atomic E-state index is -4.62. The number of rotatable bonds is 5. The number of ether oxygens (including phenoxy) is 1. The van der Waals surface area contributed by atoms with Crippen LogP contribution in [0, 0.1) is 5.41 Å². The minimum absolute atomic E-state index is 0.180. The number of benzene rings is 1. The molecule has 0 saturated heterocycles. The van der Waals surface area contributed by atoms with Gasteiger partial charge in [-0.3, -0.25) is 0 Å².